The minimum Gasteiger partial charge on any atom is -0.491 e. The smallest absolute Gasteiger partial charge is 0.203 e. The average molecular weight is 215 g/mol. The Kier molecular flexibility index (Phi) is 2.06. The molecule has 0 bridgehead atoms. The standard InChI is InChI=1S/C12H13N3O/c1-13-12-14-6-7-15(12)10-8-16-11-5-3-2-4-9(10)11/h2-7,10H,8H2,1H3,(H,13,14). The van der Waals surface area contributed by atoms with Crippen LogP contribution in [-0.2, 0) is 0 Å². The van der Waals surface area contributed by atoms with Gasteiger partial charge < -0.3 is 14.6 Å². The first-order chi connectivity index (χ1) is 7.90. The number of nitrogens with zero attached hydrogens (tertiary/aromatic N) is 2. The zero-order valence-electron chi connectivity index (χ0n) is 9.05. The summed E-state index contributed by atoms with van der Waals surface area (Å²) in [4.78, 5) is 4.25. The molecule has 0 aliphatic carbocycles. The van der Waals surface area contributed by atoms with Crippen LogP contribution in [0.3, 0.4) is 0 Å². The van der Waals surface area contributed by atoms with Crippen LogP contribution in [0.5, 0.6) is 5.75 Å². The van der Waals surface area contributed by atoms with Crippen molar-refractivity contribution in [2.75, 3.05) is 19.0 Å². The number of benzene rings is 1. The lowest BCUT2D eigenvalue weighted by Crippen LogP contribution is -2.13. The predicted octanol–water partition coefficient (Wildman–Crippen LogP) is 1.91. The van der Waals surface area contributed by atoms with E-state index in [1.165, 1.54) is 5.56 Å². The highest BCUT2D eigenvalue weighted by Crippen LogP contribution is 2.35. The number of hydrogen-bond donors (Lipinski definition) is 1. The van der Waals surface area contributed by atoms with E-state index in [4.69, 9.17) is 4.74 Å². The Morgan fingerprint density at radius 1 is 1.44 bits per heavy atom. The molecule has 4 nitrogen and oxygen atoms in total. The normalized spacial score (nSPS) is 17.9. The van der Waals surface area contributed by atoms with Crippen LogP contribution in [0.25, 0.3) is 0 Å². The fourth-order valence-electron chi connectivity index (χ4n) is 2.13. The maximum Gasteiger partial charge on any atom is 0.203 e. The first-order valence-corrected chi connectivity index (χ1v) is 5.32. The van der Waals surface area contributed by atoms with Crippen molar-refractivity contribution in [2.45, 2.75) is 6.04 Å². The van der Waals surface area contributed by atoms with E-state index in [9.17, 15) is 0 Å². The summed E-state index contributed by atoms with van der Waals surface area (Å²) in [6.07, 6.45) is 3.77. The molecule has 0 amide bonds. The lowest BCUT2D eigenvalue weighted by molar-refractivity contribution is 0.317. The average Bonchev–Trinajstić information content (AvgIpc) is 2.94. The van der Waals surface area contributed by atoms with Crippen LogP contribution in [-0.4, -0.2) is 23.2 Å². The molecule has 1 atom stereocenters. The largest absolute Gasteiger partial charge is 0.491 e. The molecule has 0 fully saturated rings. The number of fused-ring (bicyclic) bond motifs is 1. The summed E-state index contributed by atoms with van der Waals surface area (Å²) in [5.41, 5.74) is 1.22. The molecule has 82 valence electrons. The number of imidazole rings is 1. The van der Waals surface area contributed by atoms with Crippen LogP contribution in [0, 0.1) is 0 Å². The maximum atomic E-state index is 5.66. The lowest BCUT2D eigenvalue weighted by Gasteiger charge is -2.13. The van der Waals surface area contributed by atoms with Gasteiger partial charge in [-0.05, 0) is 6.07 Å². The third-order valence-corrected chi connectivity index (χ3v) is 2.90. The van der Waals surface area contributed by atoms with E-state index in [0.717, 1.165) is 11.7 Å². The summed E-state index contributed by atoms with van der Waals surface area (Å²) in [5.74, 6) is 1.84. The van der Waals surface area contributed by atoms with Gasteiger partial charge in [0.25, 0.3) is 0 Å². The van der Waals surface area contributed by atoms with Gasteiger partial charge in [-0.3, -0.25) is 0 Å². The Morgan fingerprint density at radius 3 is 3.19 bits per heavy atom. The Balaban J connectivity index is 2.04. The van der Waals surface area contributed by atoms with Crippen molar-refractivity contribution in [3.05, 3.63) is 42.2 Å². The van der Waals surface area contributed by atoms with E-state index >= 15 is 0 Å². The van der Waals surface area contributed by atoms with Crippen molar-refractivity contribution < 1.29 is 4.74 Å². The van der Waals surface area contributed by atoms with Gasteiger partial charge in [0.15, 0.2) is 0 Å². The minimum absolute atomic E-state index is 0.223. The third kappa shape index (κ3) is 1.26. The molecule has 1 aliphatic rings. The molecular weight excluding hydrogens is 202 g/mol. The van der Waals surface area contributed by atoms with Gasteiger partial charge in [0.05, 0.1) is 6.04 Å². The Bertz CT molecular complexity index is 506. The molecule has 1 unspecified atom stereocenters. The number of nitrogens with one attached hydrogen (secondary N) is 1. The van der Waals surface area contributed by atoms with Crippen LogP contribution in [0.1, 0.15) is 11.6 Å². The molecule has 0 saturated heterocycles. The highest BCUT2D eigenvalue weighted by atomic mass is 16.5. The molecule has 16 heavy (non-hydrogen) atoms. The van der Waals surface area contributed by atoms with Crippen molar-refractivity contribution >= 4 is 5.95 Å². The fraction of sp³-hybridized carbons (Fsp3) is 0.250. The van der Waals surface area contributed by atoms with E-state index in [0.29, 0.717) is 6.61 Å². The van der Waals surface area contributed by atoms with E-state index in [1.54, 1.807) is 6.20 Å². The molecule has 0 spiro atoms. The molecule has 2 aromatic rings. The minimum atomic E-state index is 0.223. The highest BCUT2D eigenvalue weighted by Gasteiger charge is 2.26. The van der Waals surface area contributed by atoms with Gasteiger partial charge in [0, 0.05) is 25.0 Å². The van der Waals surface area contributed by atoms with Crippen LogP contribution < -0.4 is 10.1 Å². The molecular formula is C12H13N3O. The number of aromatic nitrogens is 2. The zero-order chi connectivity index (χ0) is 11.0. The van der Waals surface area contributed by atoms with Crippen molar-refractivity contribution in [3.63, 3.8) is 0 Å². The van der Waals surface area contributed by atoms with E-state index in [-0.39, 0.29) is 6.04 Å². The van der Waals surface area contributed by atoms with Gasteiger partial charge in [0.2, 0.25) is 5.95 Å². The van der Waals surface area contributed by atoms with Gasteiger partial charge in [-0.25, -0.2) is 4.98 Å². The molecule has 0 saturated carbocycles. The van der Waals surface area contributed by atoms with Crippen molar-refractivity contribution in [1.29, 1.82) is 0 Å². The second-order valence-corrected chi connectivity index (χ2v) is 3.77. The van der Waals surface area contributed by atoms with Crippen molar-refractivity contribution in [1.82, 2.24) is 9.55 Å². The molecule has 1 aliphatic heterocycles. The molecule has 3 rings (SSSR count). The van der Waals surface area contributed by atoms with Crippen LogP contribution >= 0.6 is 0 Å². The van der Waals surface area contributed by atoms with E-state index in [2.05, 4.69) is 20.9 Å². The number of anilines is 1. The topological polar surface area (TPSA) is 39.1 Å². The Hall–Kier alpha value is -1.97. The molecule has 1 aromatic carbocycles. The second kappa shape index (κ2) is 3.56. The van der Waals surface area contributed by atoms with Crippen molar-refractivity contribution in [3.8, 4) is 5.75 Å². The molecule has 1 N–H and O–H groups in total. The number of hydrogen-bond acceptors (Lipinski definition) is 3. The third-order valence-electron chi connectivity index (χ3n) is 2.90. The van der Waals surface area contributed by atoms with Gasteiger partial charge in [0.1, 0.15) is 12.4 Å². The summed E-state index contributed by atoms with van der Waals surface area (Å²) in [6, 6.07) is 8.36. The van der Waals surface area contributed by atoms with Gasteiger partial charge in [-0.15, -0.1) is 0 Å². The SMILES string of the molecule is CNc1nccn1C1COc2ccccc21. The first kappa shape index (κ1) is 9.27. The summed E-state index contributed by atoms with van der Waals surface area (Å²) in [6.45, 7) is 0.671. The fourth-order valence-corrected chi connectivity index (χ4v) is 2.13. The molecule has 0 radical (unpaired) electrons. The number of ether oxygens (including phenoxy) is 1. The molecule has 1 aromatic heterocycles. The molecule has 4 heteroatoms. The van der Waals surface area contributed by atoms with Crippen LogP contribution in [0.4, 0.5) is 5.95 Å². The first-order valence-electron chi connectivity index (χ1n) is 5.32. The zero-order valence-corrected chi connectivity index (χ0v) is 9.05. The monoisotopic (exact) mass is 215 g/mol. The van der Waals surface area contributed by atoms with E-state index in [1.807, 2.05) is 31.4 Å². The summed E-state index contributed by atoms with van der Waals surface area (Å²) < 4.78 is 7.76. The van der Waals surface area contributed by atoms with Crippen LogP contribution in [0.15, 0.2) is 36.7 Å². The number of para-hydroxylation sites is 1. The van der Waals surface area contributed by atoms with Gasteiger partial charge in [-0.1, -0.05) is 18.2 Å². The summed E-state index contributed by atoms with van der Waals surface area (Å²) in [5, 5.41) is 3.08. The Morgan fingerprint density at radius 2 is 2.31 bits per heavy atom. The highest BCUT2D eigenvalue weighted by molar-refractivity contribution is 5.41. The van der Waals surface area contributed by atoms with Gasteiger partial charge in [-0.2, -0.15) is 0 Å². The molecule has 2 heterocycles. The van der Waals surface area contributed by atoms with E-state index < -0.39 is 0 Å². The van der Waals surface area contributed by atoms with Crippen molar-refractivity contribution in [2.24, 2.45) is 0 Å². The summed E-state index contributed by atoms with van der Waals surface area (Å²) in [7, 11) is 1.88. The van der Waals surface area contributed by atoms with Crippen LogP contribution in [0.2, 0.25) is 0 Å². The predicted molar refractivity (Wildman–Crippen MR) is 61.8 cm³/mol. The lowest BCUT2D eigenvalue weighted by atomic mass is 10.1. The quantitative estimate of drug-likeness (QED) is 0.831. The van der Waals surface area contributed by atoms with Gasteiger partial charge >= 0.3 is 0 Å². The Labute approximate surface area is 93.9 Å². The number of rotatable bonds is 2. The second-order valence-electron chi connectivity index (χ2n) is 3.77. The maximum absolute atomic E-state index is 5.66. The summed E-state index contributed by atoms with van der Waals surface area (Å²) >= 11 is 0.